The van der Waals surface area contributed by atoms with Crippen molar-refractivity contribution < 1.29 is 4.20 Å². The maximum absolute atomic E-state index is 14.1. The van der Waals surface area contributed by atoms with Crippen LogP contribution in [0, 0.1) is 0 Å². The van der Waals surface area contributed by atoms with Crippen LogP contribution in [0.15, 0.2) is 0 Å². The van der Waals surface area contributed by atoms with Crippen LogP contribution in [0.4, 0.5) is 4.20 Å². The molecule has 0 aliphatic heterocycles. The van der Waals surface area contributed by atoms with Gasteiger partial charge in [-0.2, -0.15) is 0 Å². The molecule has 0 N–H and O–H groups in total. The fourth-order valence-electron chi connectivity index (χ4n) is 2.84. The van der Waals surface area contributed by atoms with Gasteiger partial charge in [0.25, 0.3) is 0 Å². The van der Waals surface area contributed by atoms with Crippen molar-refractivity contribution in [2.75, 3.05) is 26.2 Å². The molecular weight excluding hydrogens is 278 g/mol. The normalized spacial score (nSPS) is 14.0. The van der Waals surface area contributed by atoms with Gasteiger partial charge in [-0.25, -0.2) is 0 Å². The fourth-order valence-corrected chi connectivity index (χ4v) is 4.13. The van der Waals surface area contributed by atoms with Gasteiger partial charge in [-0.1, -0.05) is 26.2 Å². The van der Waals surface area contributed by atoms with Crippen molar-refractivity contribution in [3.63, 3.8) is 0 Å². The molecule has 0 amide bonds. The third kappa shape index (κ3) is 20.4. The van der Waals surface area contributed by atoms with E-state index in [1.54, 1.807) is 0 Å². The van der Waals surface area contributed by atoms with E-state index in [1.165, 1.54) is 83.5 Å². The second-order valence-electron chi connectivity index (χ2n) is 8.24. The van der Waals surface area contributed by atoms with Crippen LogP contribution in [0.25, 0.3) is 0 Å². The van der Waals surface area contributed by atoms with Crippen LogP contribution in [-0.2, 0) is 0 Å². The van der Waals surface area contributed by atoms with Gasteiger partial charge in [-0.05, 0) is 0 Å². The van der Waals surface area contributed by atoms with E-state index >= 15 is 0 Å². The maximum atomic E-state index is 14.1. The summed E-state index contributed by atoms with van der Waals surface area (Å²) >= 11 is 0. The molecule has 0 bridgehead atoms. The summed E-state index contributed by atoms with van der Waals surface area (Å²) in [5.74, 6) is 0. The van der Waals surface area contributed by atoms with Gasteiger partial charge < -0.3 is 0 Å². The van der Waals surface area contributed by atoms with Crippen molar-refractivity contribution >= 4 is 6.91 Å². The van der Waals surface area contributed by atoms with Crippen molar-refractivity contribution in [3.8, 4) is 0 Å². The Balaban J connectivity index is 3.10. The molecule has 0 saturated heterocycles. The number of hydrogen-bond acceptors (Lipinski definition) is 0. The van der Waals surface area contributed by atoms with Gasteiger partial charge in [0.2, 0.25) is 0 Å². The van der Waals surface area contributed by atoms with Gasteiger partial charge in [0, 0.05) is 0 Å². The van der Waals surface area contributed by atoms with Crippen molar-refractivity contribution in [1.82, 2.24) is 0 Å². The molecular formula is C19H42FP. The summed E-state index contributed by atoms with van der Waals surface area (Å²) in [7, 11) is 0. The van der Waals surface area contributed by atoms with Gasteiger partial charge in [0.05, 0.1) is 0 Å². The predicted molar refractivity (Wildman–Crippen MR) is 101 cm³/mol. The molecule has 0 saturated carbocycles. The minimum absolute atomic E-state index is 0.823. The number of rotatable bonds is 15. The second kappa shape index (κ2) is 11.9. The van der Waals surface area contributed by atoms with Crippen LogP contribution in [0.5, 0.6) is 0 Å². The molecule has 0 heterocycles. The topological polar surface area (TPSA) is 0 Å². The van der Waals surface area contributed by atoms with E-state index in [9.17, 15) is 4.20 Å². The minimum atomic E-state index is -2.72. The molecule has 0 rings (SSSR count). The summed E-state index contributed by atoms with van der Waals surface area (Å²) in [5.41, 5.74) is 0. The van der Waals surface area contributed by atoms with Gasteiger partial charge in [0.1, 0.15) is 0 Å². The van der Waals surface area contributed by atoms with E-state index < -0.39 is 6.91 Å². The van der Waals surface area contributed by atoms with E-state index in [0.29, 0.717) is 0 Å². The molecule has 0 aromatic heterocycles. The quantitative estimate of drug-likeness (QED) is 0.213. The fraction of sp³-hybridized carbons (Fsp3) is 1.00. The summed E-state index contributed by atoms with van der Waals surface area (Å²) in [6, 6.07) is 0. The zero-order chi connectivity index (χ0) is 16.1. The van der Waals surface area contributed by atoms with Crippen LogP contribution in [0.2, 0.25) is 0 Å². The van der Waals surface area contributed by atoms with Crippen LogP contribution >= 0.6 is 6.91 Å². The molecule has 0 aromatic carbocycles. The average Bonchev–Trinajstić information content (AvgIpc) is 2.37. The van der Waals surface area contributed by atoms with Crippen LogP contribution in [-0.4, -0.2) is 26.2 Å². The molecule has 130 valence electrons. The Hall–Kier alpha value is 0.360. The molecule has 0 unspecified atom stereocenters. The summed E-state index contributed by atoms with van der Waals surface area (Å²) in [6.07, 6.45) is 20.0. The monoisotopic (exact) mass is 320 g/mol. The summed E-state index contributed by atoms with van der Waals surface area (Å²) < 4.78 is 14.1. The molecule has 0 aliphatic rings. The first-order valence-electron chi connectivity index (χ1n) is 9.53. The Labute approximate surface area is 134 Å². The Morgan fingerprint density at radius 1 is 0.524 bits per heavy atom. The molecule has 2 heteroatoms. The summed E-state index contributed by atoms with van der Waals surface area (Å²) in [6.45, 7) is 5.09. The van der Waals surface area contributed by atoms with E-state index in [1.807, 2.05) is 20.0 Å². The summed E-state index contributed by atoms with van der Waals surface area (Å²) in [4.78, 5) is 0. The van der Waals surface area contributed by atoms with Crippen molar-refractivity contribution in [3.05, 3.63) is 0 Å². The molecule has 0 radical (unpaired) electrons. The van der Waals surface area contributed by atoms with Crippen LogP contribution < -0.4 is 0 Å². The van der Waals surface area contributed by atoms with E-state index in [0.717, 1.165) is 12.6 Å². The van der Waals surface area contributed by atoms with Gasteiger partial charge >= 0.3 is 108 Å². The van der Waals surface area contributed by atoms with Crippen molar-refractivity contribution in [2.45, 2.75) is 96.8 Å². The zero-order valence-corrected chi connectivity index (χ0v) is 16.3. The van der Waals surface area contributed by atoms with Gasteiger partial charge in [0.15, 0.2) is 0 Å². The average molecular weight is 321 g/mol. The van der Waals surface area contributed by atoms with Crippen molar-refractivity contribution in [1.29, 1.82) is 0 Å². The van der Waals surface area contributed by atoms with Gasteiger partial charge in [-0.3, -0.25) is 0 Å². The SMILES string of the molecule is CCCCCCCCCCCCCCCCP(C)(C)(C)F. The van der Waals surface area contributed by atoms with E-state index in [-0.39, 0.29) is 0 Å². The first-order chi connectivity index (χ1) is 9.81. The standard InChI is InChI=1S/C19H42FP/c1-5-6-7-8-9-10-11-12-13-14-15-16-17-18-19-21(2,3,4)20/h5-19H2,1-4H3. The third-order valence-electron chi connectivity index (χ3n) is 4.27. The van der Waals surface area contributed by atoms with E-state index in [2.05, 4.69) is 6.92 Å². The Bertz CT molecular complexity index is 220. The van der Waals surface area contributed by atoms with Crippen LogP contribution in [0.3, 0.4) is 0 Å². The van der Waals surface area contributed by atoms with Crippen molar-refractivity contribution in [2.24, 2.45) is 0 Å². The second-order valence-corrected chi connectivity index (χ2v) is 14.5. The number of halogens is 1. The van der Waals surface area contributed by atoms with Crippen LogP contribution in [0.1, 0.15) is 96.8 Å². The Morgan fingerprint density at radius 3 is 1.10 bits per heavy atom. The molecule has 0 atom stereocenters. The Morgan fingerprint density at radius 2 is 0.810 bits per heavy atom. The molecule has 21 heavy (non-hydrogen) atoms. The number of unbranched alkanes of at least 4 members (excludes halogenated alkanes) is 13. The summed E-state index contributed by atoms with van der Waals surface area (Å²) in [5, 5.41) is 0. The van der Waals surface area contributed by atoms with E-state index in [4.69, 9.17) is 0 Å². The molecule has 0 aliphatic carbocycles. The molecule has 0 aromatic rings. The molecule has 0 spiro atoms. The number of hydrogen-bond donors (Lipinski definition) is 0. The Kier molecular flexibility index (Phi) is 12.1. The first kappa shape index (κ1) is 21.4. The van der Waals surface area contributed by atoms with Gasteiger partial charge in [-0.15, -0.1) is 0 Å². The predicted octanol–water partition coefficient (Wildman–Crippen LogP) is 7.79. The third-order valence-corrected chi connectivity index (χ3v) is 6.09. The first-order valence-corrected chi connectivity index (χ1v) is 13.2. The molecule has 0 nitrogen and oxygen atoms in total. The molecule has 0 fully saturated rings. The zero-order valence-electron chi connectivity index (χ0n) is 15.4.